The van der Waals surface area contributed by atoms with Crippen LogP contribution in [-0.2, 0) is 0 Å². The van der Waals surface area contributed by atoms with E-state index in [1.807, 2.05) is 12.1 Å². The second-order valence-electron chi connectivity index (χ2n) is 7.49. The van der Waals surface area contributed by atoms with Crippen LogP contribution in [0, 0.1) is 0 Å². The smallest absolute Gasteiger partial charge is 0.119 e. The van der Waals surface area contributed by atoms with E-state index in [1.54, 1.807) is 12.1 Å². The molecule has 0 amide bonds. The molecule has 0 aliphatic carbocycles. The summed E-state index contributed by atoms with van der Waals surface area (Å²) in [7, 11) is 0. The molecule has 0 unspecified atom stereocenters. The van der Waals surface area contributed by atoms with Gasteiger partial charge in [0.15, 0.2) is 0 Å². The summed E-state index contributed by atoms with van der Waals surface area (Å²) in [6, 6.07) is 16.1. The number of ether oxygens (including phenoxy) is 1. The lowest BCUT2D eigenvalue weighted by atomic mass is 9.84. The van der Waals surface area contributed by atoms with E-state index in [4.69, 9.17) is 4.74 Å². The number of hydrogen-bond donors (Lipinski definition) is 1. The van der Waals surface area contributed by atoms with Gasteiger partial charge in [0.25, 0.3) is 0 Å². The zero-order chi connectivity index (χ0) is 18.4. The molecule has 1 saturated heterocycles. The molecule has 2 aromatic carbocycles. The molecular formula is C23H31NO2. The molecule has 140 valence electrons. The molecule has 1 aliphatic rings. The predicted molar refractivity (Wildman–Crippen MR) is 107 cm³/mol. The van der Waals surface area contributed by atoms with Gasteiger partial charge >= 0.3 is 0 Å². The van der Waals surface area contributed by atoms with Gasteiger partial charge in [0, 0.05) is 6.54 Å². The van der Waals surface area contributed by atoms with Gasteiger partial charge in [0.05, 0.1) is 0 Å². The highest BCUT2D eigenvalue weighted by Gasteiger charge is 2.16. The lowest BCUT2D eigenvalue weighted by Crippen LogP contribution is -2.33. The maximum absolute atomic E-state index is 9.46. The minimum Gasteiger partial charge on any atom is -0.508 e. The summed E-state index contributed by atoms with van der Waals surface area (Å²) in [5, 5.41) is 9.46. The summed E-state index contributed by atoms with van der Waals surface area (Å²) in [4.78, 5) is 2.50. The van der Waals surface area contributed by atoms with E-state index in [9.17, 15) is 5.11 Å². The quantitative estimate of drug-likeness (QED) is 0.746. The molecule has 0 radical (unpaired) electrons. The van der Waals surface area contributed by atoms with Crippen LogP contribution in [0.1, 0.15) is 56.1 Å². The SMILES string of the molecule is C[C@H](c1ccc(O)cc1)[C@@H](C)c1ccc(OCCN2CCCCC2)cc1. The molecule has 2 atom stereocenters. The molecule has 0 bridgehead atoms. The van der Waals surface area contributed by atoms with Crippen LogP contribution >= 0.6 is 0 Å². The molecule has 0 spiro atoms. The fraction of sp³-hybridized carbons (Fsp3) is 0.478. The highest BCUT2D eigenvalue weighted by Crippen LogP contribution is 2.33. The normalized spacial score (nSPS) is 17.6. The van der Waals surface area contributed by atoms with Crippen molar-refractivity contribution in [3.8, 4) is 11.5 Å². The average molecular weight is 354 g/mol. The molecule has 3 rings (SSSR count). The Morgan fingerprint density at radius 2 is 1.38 bits per heavy atom. The summed E-state index contributed by atoms with van der Waals surface area (Å²) in [6.07, 6.45) is 4.02. The van der Waals surface area contributed by atoms with Crippen molar-refractivity contribution in [3.05, 3.63) is 59.7 Å². The molecule has 1 fully saturated rings. The first-order valence-electron chi connectivity index (χ1n) is 9.87. The Labute approximate surface area is 157 Å². The third kappa shape index (κ3) is 5.01. The molecule has 2 aromatic rings. The number of phenols is 1. The molecule has 1 aliphatic heterocycles. The standard InChI is InChI=1S/C23H31NO2/c1-18(20-6-10-22(25)11-7-20)19(2)21-8-12-23(13-9-21)26-17-16-24-14-4-3-5-15-24/h6-13,18-19,25H,3-5,14-17H2,1-2H3/t18-,19+/m0/s1. The van der Waals surface area contributed by atoms with E-state index in [2.05, 4.69) is 43.0 Å². The van der Waals surface area contributed by atoms with Crippen molar-refractivity contribution in [2.45, 2.75) is 44.9 Å². The summed E-state index contributed by atoms with van der Waals surface area (Å²) in [5.74, 6) is 2.07. The first kappa shape index (κ1) is 18.8. The number of rotatable bonds is 7. The van der Waals surface area contributed by atoms with Crippen LogP contribution in [0.15, 0.2) is 48.5 Å². The second kappa shape index (κ2) is 9.09. The highest BCUT2D eigenvalue weighted by atomic mass is 16.5. The zero-order valence-corrected chi connectivity index (χ0v) is 16.0. The Balaban J connectivity index is 1.52. The topological polar surface area (TPSA) is 32.7 Å². The maximum Gasteiger partial charge on any atom is 0.119 e. The van der Waals surface area contributed by atoms with Crippen molar-refractivity contribution >= 4 is 0 Å². The third-order valence-electron chi connectivity index (χ3n) is 5.70. The first-order valence-corrected chi connectivity index (χ1v) is 9.87. The largest absolute Gasteiger partial charge is 0.508 e. The number of benzene rings is 2. The van der Waals surface area contributed by atoms with Crippen molar-refractivity contribution in [1.29, 1.82) is 0 Å². The van der Waals surface area contributed by atoms with Crippen molar-refractivity contribution in [3.63, 3.8) is 0 Å². The Hall–Kier alpha value is -2.00. The van der Waals surface area contributed by atoms with Crippen LogP contribution in [0.2, 0.25) is 0 Å². The summed E-state index contributed by atoms with van der Waals surface area (Å²) in [6.45, 7) is 8.71. The van der Waals surface area contributed by atoms with Gasteiger partial charge in [-0.1, -0.05) is 44.5 Å². The number of hydrogen-bond acceptors (Lipinski definition) is 3. The molecule has 3 nitrogen and oxygen atoms in total. The van der Waals surface area contributed by atoms with E-state index >= 15 is 0 Å². The molecule has 26 heavy (non-hydrogen) atoms. The van der Waals surface area contributed by atoms with Gasteiger partial charge in [-0.25, -0.2) is 0 Å². The van der Waals surface area contributed by atoms with E-state index in [0.29, 0.717) is 17.6 Å². The fourth-order valence-corrected chi connectivity index (χ4v) is 3.70. The van der Waals surface area contributed by atoms with E-state index in [1.165, 1.54) is 43.5 Å². The first-order chi connectivity index (χ1) is 12.6. The molecular weight excluding hydrogens is 322 g/mol. The number of likely N-dealkylation sites (tertiary alicyclic amines) is 1. The van der Waals surface area contributed by atoms with Gasteiger partial charge in [-0.3, -0.25) is 4.90 Å². The van der Waals surface area contributed by atoms with E-state index in [-0.39, 0.29) is 0 Å². The number of nitrogens with zero attached hydrogens (tertiary/aromatic N) is 1. The van der Waals surface area contributed by atoms with E-state index < -0.39 is 0 Å². The van der Waals surface area contributed by atoms with Crippen LogP contribution in [0.25, 0.3) is 0 Å². The van der Waals surface area contributed by atoms with Crippen LogP contribution < -0.4 is 4.74 Å². The lowest BCUT2D eigenvalue weighted by Gasteiger charge is -2.26. The van der Waals surface area contributed by atoms with Gasteiger partial charge in [0.2, 0.25) is 0 Å². The van der Waals surface area contributed by atoms with Gasteiger partial charge < -0.3 is 9.84 Å². The molecule has 3 heteroatoms. The predicted octanol–water partition coefficient (Wildman–Crippen LogP) is 5.16. The Morgan fingerprint density at radius 1 is 0.846 bits per heavy atom. The van der Waals surface area contributed by atoms with Gasteiger partial charge in [-0.15, -0.1) is 0 Å². The van der Waals surface area contributed by atoms with Gasteiger partial charge in [-0.2, -0.15) is 0 Å². The summed E-state index contributed by atoms with van der Waals surface area (Å²) < 4.78 is 5.93. The van der Waals surface area contributed by atoms with Crippen molar-refractivity contribution < 1.29 is 9.84 Å². The minimum atomic E-state index is 0.319. The average Bonchev–Trinajstić information content (AvgIpc) is 2.69. The summed E-state index contributed by atoms with van der Waals surface area (Å²) >= 11 is 0. The van der Waals surface area contributed by atoms with Crippen LogP contribution in [0.3, 0.4) is 0 Å². The number of piperidine rings is 1. The number of aromatic hydroxyl groups is 1. The van der Waals surface area contributed by atoms with Crippen LogP contribution in [0.5, 0.6) is 11.5 Å². The maximum atomic E-state index is 9.46. The minimum absolute atomic E-state index is 0.319. The second-order valence-corrected chi connectivity index (χ2v) is 7.49. The van der Waals surface area contributed by atoms with Crippen LogP contribution in [-0.4, -0.2) is 36.2 Å². The zero-order valence-electron chi connectivity index (χ0n) is 16.0. The van der Waals surface area contributed by atoms with Crippen molar-refractivity contribution in [2.24, 2.45) is 0 Å². The third-order valence-corrected chi connectivity index (χ3v) is 5.70. The fourth-order valence-electron chi connectivity index (χ4n) is 3.70. The Kier molecular flexibility index (Phi) is 6.56. The summed E-state index contributed by atoms with van der Waals surface area (Å²) in [5.41, 5.74) is 2.56. The Morgan fingerprint density at radius 3 is 1.96 bits per heavy atom. The monoisotopic (exact) mass is 353 g/mol. The van der Waals surface area contributed by atoms with Crippen LogP contribution in [0.4, 0.5) is 0 Å². The van der Waals surface area contributed by atoms with Crippen molar-refractivity contribution in [1.82, 2.24) is 4.90 Å². The molecule has 1 heterocycles. The van der Waals surface area contributed by atoms with E-state index in [0.717, 1.165) is 18.9 Å². The van der Waals surface area contributed by atoms with Gasteiger partial charge in [0.1, 0.15) is 18.1 Å². The Bertz CT molecular complexity index is 660. The molecule has 1 N–H and O–H groups in total. The molecule has 0 aromatic heterocycles. The van der Waals surface area contributed by atoms with Gasteiger partial charge in [-0.05, 0) is 73.2 Å². The van der Waals surface area contributed by atoms with Crippen molar-refractivity contribution in [2.75, 3.05) is 26.2 Å². The molecule has 0 saturated carbocycles. The number of phenolic OH excluding ortho intramolecular Hbond substituents is 1. The highest BCUT2D eigenvalue weighted by molar-refractivity contribution is 5.34. The lowest BCUT2D eigenvalue weighted by molar-refractivity contribution is 0.183.